The molecule has 0 saturated carbocycles. The summed E-state index contributed by atoms with van der Waals surface area (Å²) in [5.41, 5.74) is 2.37. The van der Waals surface area contributed by atoms with Crippen LogP contribution in [0.4, 0.5) is 0 Å². The summed E-state index contributed by atoms with van der Waals surface area (Å²) in [6, 6.07) is 18.4. The fourth-order valence-corrected chi connectivity index (χ4v) is 2.77. The molecule has 120 valence electrons. The SMILES string of the molecule is C=CCN1CCO[C@@H](c2ccc(OCc3ccccc3)cc2)C1. The van der Waals surface area contributed by atoms with Crippen molar-refractivity contribution in [2.45, 2.75) is 12.7 Å². The molecule has 1 heterocycles. The van der Waals surface area contributed by atoms with Gasteiger partial charge in [-0.15, -0.1) is 6.58 Å². The Morgan fingerprint density at radius 2 is 1.91 bits per heavy atom. The molecule has 1 aliphatic heterocycles. The Hall–Kier alpha value is -2.10. The summed E-state index contributed by atoms with van der Waals surface area (Å²) in [7, 11) is 0. The van der Waals surface area contributed by atoms with Crippen LogP contribution in [0.15, 0.2) is 67.3 Å². The standard InChI is InChI=1S/C20H23NO2/c1-2-12-21-13-14-22-20(15-21)18-8-10-19(11-9-18)23-16-17-6-4-3-5-7-17/h2-11,20H,1,12-16H2/t20-/m1/s1. The number of hydrogen-bond donors (Lipinski definition) is 0. The number of morpholine rings is 1. The summed E-state index contributed by atoms with van der Waals surface area (Å²) in [4.78, 5) is 2.36. The van der Waals surface area contributed by atoms with Crippen molar-refractivity contribution in [1.82, 2.24) is 4.90 Å². The van der Waals surface area contributed by atoms with Gasteiger partial charge in [-0.1, -0.05) is 48.5 Å². The van der Waals surface area contributed by atoms with E-state index in [-0.39, 0.29) is 6.10 Å². The van der Waals surface area contributed by atoms with E-state index in [0.29, 0.717) is 6.61 Å². The van der Waals surface area contributed by atoms with Crippen molar-refractivity contribution in [3.8, 4) is 5.75 Å². The van der Waals surface area contributed by atoms with Gasteiger partial charge in [0.1, 0.15) is 12.4 Å². The highest BCUT2D eigenvalue weighted by molar-refractivity contribution is 5.29. The van der Waals surface area contributed by atoms with Gasteiger partial charge >= 0.3 is 0 Å². The first-order chi connectivity index (χ1) is 11.3. The lowest BCUT2D eigenvalue weighted by molar-refractivity contribution is -0.0260. The average molecular weight is 309 g/mol. The van der Waals surface area contributed by atoms with E-state index in [1.807, 2.05) is 36.4 Å². The highest BCUT2D eigenvalue weighted by Crippen LogP contribution is 2.24. The van der Waals surface area contributed by atoms with Crippen molar-refractivity contribution in [3.63, 3.8) is 0 Å². The summed E-state index contributed by atoms with van der Waals surface area (Å²) in [5.74, 6) is 0.886. The average Bonchev–Trinajstić information content (AvgIpc) is 2.62. The quantitative estimate of drug-likeness (QED) is 0.757. The zero-order valence-corrected chi connectivity index (χ0v) is 13.4. The van der Waals surface area contributed by atoms with Crippen molar-refractivity contribution < 1.29 is 9.47 Å². The third-order valence-corrected chi connectivity index (χ3v) is 4.04. The Kier molecular flexibility index (Phi) is 5.46. The molecule has 3 nitrogen and oxygen atoms in total. The summed E-state index contributed by atoms with van der Waals surface area (Å²) in [6.07, 6.45) is 2.08. The highest BCUT2D eigenvalue weighted by Gasteiger charge is 2.20. The maximum absolute atomic E-state index is 5.89. The van der Waals surface area contributed by atoms with Gasteiger partial charge in [0.05, 0.1) is 12.7 Å². The summed E-state index contributed by atoms with van der Waals surface area (Å²) >= 11 is 0. The maximum Gasteiger partial charge on any atom is 0.119 e. The molecule has 0 bridgehead atoms. The van der Waals surface area contributed by atoms with E-state index in [1.165, 1.54) is 11.1 Å². The zero-order chi connectivity index (χ0) is 15.9. The van der Waals surface area contributed by atoms with E-state index in [4.69, 9.17) is 9.47 Å². The molecule has 3 heteroatoms. The van der Waals surface area contributed by atoms with E-state index in [0.717, 1.165) is 32.0 Å². The van der Waals surface area contributed by atoms with Crippen LogP contribution >= 0.6 is 0 Å². The summed E-state index contributed by atoms with van der Waals surface area (Å²) < 4.78 is 11.7. The number of ether oxygens (including phenoxy) is 2. The van der Waals surface area contributed by atoms with Crippen molar-refractivity contribution in [2.75, 3.05) is 26.2 Å². The molecule has 2 aromatic rings. The van der Waals surface area contributed by atoms with Crippen LogP contribution in [0, 0.1) is 0 Å². The second kappa shape index (κ2) is 7.95. The smallest absolute Gasteiger partial charge is 0.119 e. The Morgan fingerprint density at radius 3 is 2.65 bits per heavy atom. The van der Waals surface area contributed by atoms with Crippen molar-refractivity contribution >= 4 is 0 Å². The van der Waals surface area contributed by atoms with Crippen LogP contribution in [0.25, 0.3) is 0 Å². The lowest BCUT2D eigenvalue weighted by Gasteiger charge is -2.32. The number of rotatable bonds is 6. The van der Waals surface area contributed by atoms with Gasteiger partial charge in [-0.3, -0.25) is 4.90 Å². The minimum atomic E-state index is 0.131. The fraction of sp³-hybridized carbons (Fsp3) is 0.300. The van der Waals surface area contributed by atoms with E-state index in [1.54, 1.807) is 0 Å². The largest absolute Gasteiger partial charge is 0.489 e. The van der Waals surface area contributed by atoms with Gasteiger partial charge in [-0.05, 0) is 23.3 Å². The number of hydrogen-bond acceptors (Lipinski definition) is 3. The number of nitrogens with zero attached hydrogens (tertiary/aromatic N) is 1. The van der Waals surface area contributed by atoms with Gasteiger partial charge in [-0.25, -0.2) is 0 Å². The molecule has 0 N–H and O–H groups in total. The molecule has 1 saturated heterocycles. The molecule has 1 fully saturated rings. The maximum atomic E-state index is 5.89. The molecule has 1 atom stereocenters. The van der Waals surface area contributed by atoms with Crippen LogP contribution in [0.3, 0.4) is 0 Å². The molecule has 23 heavy (non-hydrogen) atoms. The zero-order valence-electron chi connectivity index (χ0n) is 13.4. The van der Waals surface area contributed by atoms with Gasteiger partial charge in [0, 0.05) is 19.6 Å². The van der Waals surface area contributed by atoms with Crippen LogP contribution in [-0.4, -0.2) is 31.1 Å². The van der Waals surface area contributed by atoms with Crippen LogP contribution in [0.1, 0.15) is 17.2 Å². The van der Waals surface area contributed by atoms with Crippen LogP contribution in [0.5, 0.6) is 5.75 Å². The molecule has 0 aromatic heterocycles. The molecule has 0 radical (unpaired) electrons. The third kappa shape index (κ3) is 4.44. The van der Waals surface area contributed by atoms with Crippen molar-refractivity contribution in [2.24, 2.45) is 0 Å². The van der Waals surface area contributed by atoms with Crippen molar-refractivity contribution in [3.05, 3.63) is 78.4 Å². The van der Waals surface area contributed by atoms with Gasteiger partial charge in [0.2, 0.25) is 0 Å². The van der Waals surface area contributed by atoms with E-state index in [9.17, 15) is 0 Å². The normalized spacial score (nSPS) is 18.5. The Balaban J connectivity index is 1.57. The summed E-state index contributed by atoms with van der Waals surface area (Å²) in [5, 5.41) is 0. The lowest BCUT2D eigenvalue weighted by Crippen LogP contribution is -2.38. The molecule has 0 aliphatic carbocycles. The second-order valence-electron chi connectivity index (χ2n) is 5.75. The van der Waals surface area contributed by atoms with E-state index >= 15 is 0 Å². The second-order valence-corrected chi connectivity index (χ2v) is 5.75. The molecular formula is C20H23NO2. The Labute approximate surface area is 138 Å². The molecule has 0 spiro atoms. The molecule has 1 aliphatic rings. The minimum Gasteiger partial charge on any atom is -0.489 e. The molecular weight excluding hydrogens is 286 g/mol. The number of benzene rings is 2. The molecule has 0 amide bonds. The van der Waals surface area contributed by atoms with Gasteiger partial charge in [0.25, 0.3) is 0 Å². The monoisotopic (exact) mass is 309 g/mol. The highest BCUT2D eigenvalue weighted by atomic mass is 16.5. The van der Waals surface area contributed by atoms with Crippen LogP contribution in [-0.2, 0) is 11.3 Å². The van der Waals surface area contributed by atoms with Crippen molar-refractivity contribution in [1.29, 1.82) is 0 Å². The minimum absolute atomic E-state index is 0.131. The summed E-state index contributed by atoms with van der Waals surface area (Å²) in [6.45, 7) is 7.97. The molecule has 0 unspecified atom stereocenters. The van der Waals surface area contributed by atoms with Gasteiger partial charge < -0.3 is 9.47 Å². The first-order valence-corrected chi connectivity index (χ1v) is 8.06. The first-order valence-electron chi connectivity index (χ1n) is 8.06. The first kappa shape index (κ1) is 15.8. The van der Waals surface area contributed by atoms with E-state index < -0.39 is 0 Å². The third-order valence-electron chi connectivity index (χ3n) is 4.04. The van der Waals surface area contributed by atoms with Crippen LogP contribution in [0.2, 0.25) is 0 Å². The van der Waals surface area contributed by atoms with Gasteiger partial charge in [-0.2, -0.15) is 0 Å². The molecule has 3 rings (SSSR count). The fourth-order valence-electron chi connectivity index (χ4n) is 2.77. The van der Waals surface area contributed by atoms with Gasteiger partial charge in [0.15, 0.2) is 0 Å². The van der Waals surface area contributed by atoms with E-state index in [2.05, 4.69) is 35.7 Å². The Bertz CT molecular complexity index is 609. The predicted molar refractivity (Wildman–Crippen MR) is 92.5 cm³/mol. The molecule has 2 aromatic carbocycles. The topological polar surface area (TPSA) is 21.7 Å². The Morgan fingerprint density at radius 1 is 1.13 bits per heavy atom. The lowest BCUT2D eigenvalue weighted by atomic mass is 10.1. The van der Waals surface area contributed by atoms with Crippen LogP contribution < -0.4 is 4.74 Å². The predicted octanol–water partition coefficient (Wildman–Crippen LogP) is 3.82.